The normalized spacial score (nSPS) is 20.1. The van der Waals surface area contributed by atoms with Gasteiger partial charge in [0.15, 0.2) is 0 Å². The van der Waals surface area contributed by atoms with Crippen molar-refractivity contribution in [3.8, 4) is 0 Å². The molecule has 1 atom stereocenters. The average molecular weight is 260 g/mol. The van der Waals surface area contributed by atoms with Crippen molar-refractivity contribution >= 4 is 0 Å². The molecule has 1 aliphatic rings. The number of imidazole rings is 1. The highest BCUT2D eigenvalue weighted by molar-refractivity contribution is 5.16. The van der Waals surface area contributed by atoms with Gasteiger partial charge in [-0.1, -0.05) is 18.7 Å². The molecule has 0 aliphatic carbocycles. The van der Waals surface area contributed by atoms with E-state index in [0.717, 1.165) is 31.0 Å². The molecule has 2 rings (SSSR count). The van der Waals surface area contributed by atoms with E-state index in [1.165, 1.54) is 0 Å². The van der Waals surface area contributed by atoms with Crippen LogP contribution < -0.4 is 0 Å². The molecule has 1 fully saturated rings. The number of hydrogen-bond acceptors (Lipinski definition) is 3. The zero-order valence-electron chi connectivity index (χ0n) is 11.3. The molecule has 2 heterocycles. The minimum absolute atomic E-state index is 0.106. The van der Waals surface area contributed by atoms with E-state index in [2.05, 4.69) is 11.6 Å². The third-order valence-electron chi connectivity index (χ3n) is 2.95. The van der Waals surface area contributed by atoms with E-state index in [9.17, 15) is 0 Å². The van der Waals surface area contributed by atoms with E-state index in [-0.39, 0.29) is 6.23 Å². The lowest BCUT2D eigenvalue weighted by atomic mass is 10.3. The van der Waals surface area contributed by atoms with E-state index in [4.69, 9.17) is 9.47 Å². The van der Waals surface area contributed by atoms with Gasteiger partial charge in [0.2, 0.25) is 0 Å². The molecule has 4 nitrogen and oxygen atoms in total. The minimum Gasteiger partial charge on any atom is -0.486 e. The fourth-order valence-corrected chi connectivity index (χ4v) is 2.08. The van der Waals surface area contributed by atoms with Crippen LogP contribution in [0, 0.1) is 0 Å². The van der Waals surface area contributed by atoms with E-state index >= 15 is 0 Å². The van der Waals surface area contributed by atoms with Gasteiger partial charge in [-0.15, -0.1) is 0 Å². The lowest BCUT2D eigenvalue weighted by molar-refractivity contribution is 0.0498. The Labute approximate surface area is 114 Å². The highest BCUT2D eigenvalue weighted by atomic mass is 16.5. The lowest BCUT2D eigenvalue weighted by Gasteiger charge is -2.15. The Bertz CT molecular complexity index is 468. The number of ether oxygens (including phenoxy) is 2. The van der Waals surface area contributed by atoms with E-state index in [0.29, 0.717) is 6.61 Å². The van der Waals surface area contributed by atoms with Crippen molar-refractivity contribution < 1.29 is 9.47 Å². The maximum Gasteiger partial charge on any atom is 0.148 e. The standard InChI is InChI=1S/C15H20N2O2/c1-3-6-13(7-4-2)19-12-14-16-9-10-17(14)15-8-5-11-18-15/h3-4,6-7,9-10,15H,1,5,8,11-12H2,2H3/b7-4-,13-6+. The third-order valence-corrected chi connectivity index (χ3v) is 2.95. The van der Waals surface area contributed by atoms with Crippen molar-refractivity contribution in [1.29, 1.82) is 0 Å². The summed E-state index contributed by atoms with van der Waals surface area (Å²) in [6, 6.07) is 0. The van der Waals surface area contributed by atoms with E-state index in [1.54, 1.807) is 12.3 Å². The molecule has 1 saturated heterocycles. The van der Waals surface area contributed by atoms with Gasteiger partial charge in [-0.2, -0.15) is 0 Å². The van der Waals surface area contributed by atoms with Gasteiger partial charge < -0.3 is 14.0 Å². The van der Waals surface area contributed by atoms with Gasteiger partial charge in [-0.05, 0) is 31.9 Å². The smallest absolute Gasteiger partial charge is 0.148 e. The zero-order chi connectivity index (χ0) is 13.5. The molecule has 0 amide bonds. The van der Waals surface area contributed by atoms with Gasteiger partial charge in [0.1, 0.15) is 24.4 Å². The van der Waals surface area contributed by atoms with Gasteiger partial charge in [0.25, 0.3) is 0 Å². The summed E-state index contributed by atoms with van der Waals surface area (Å²) < 4.78 is 13.4. The maximum absolute atomic E-state index is 5.73. The molecular formula is C15H20N2O2. The molecule has 0 N–H and O–H groups in total. The second kappa shape index (κ2) is 6.95. The molecule has 4 heteroatoms. The fourth-order valence-electron chi connectivity index (χ4n) is 2.08. The molecule has 1 unspecified atom stereocenters. The first kappa shape index (κ1) is 13.6. The van der Waals surface area contributed by atoms with Crippen LogP contribution in [0.15, 0.2) is 49.0 Å². The van der Waals surface area contributed by atoms with Crippen LogP contribution in [0.1, 0.15) is 31.8 Å². The van der Waals surface area contributed by atoms with Gasteiger partial charge >= 0.3 is 0 Å². The van der Waals surface area contributed by atoms with Crippen LogP contribution in [0.5, 0.6) is 0 Å². The van der Waals surface area contributed by atoms with Crippen molar-refractivity contribution in [2.24, 2.45) is 0 Å². The Morgan fingerprint density at radius 3 is 3.26 bits per heavy atom. The van der Waals surface area contributed by atoms with Gasteiger partial charge in [0.05, 0.1) is 0 Å². The molecule has 102 valence electrons. The summed E-state index contributed by atoms with van der Waals surface area (Å²) in [5.74, 6) is 1.66. The van der Waals surface area contributed by atoms with Crippen molar-refractivity contribution in [3.05, 3.63) is 54.9 Å². The Morgan fingerprint density at radius 2 is 2.58 bits per heavy atom. The van der Waals surface area contributed by atoms with E-state index < -0.39 is 0 Å². The Kier molecular flexibility index (Phi) is 4.98. The predicted octanol–water partition coefficient (Wildman–Crippen LogP) is 3.35. The largest absolute Gasteiger partial charge is 0.486 e. The summed E-state index contributed by atoms with van der Waals surface area (Å²) in [6.07, 6.45) is 13.4. The predicted molar refractivity (Wildman–Crippen MR) is 74.3 cm³/mol. The topological polar surface area (TPSA) is 36.3 Å². The summed E-state index contributed by atoms with van der Waals surface area (Å²) in [6.45, 7) is 6.88. The second-order valence-electron chi connectivity index (χ2n) is 4.31. The van der Waals surface area contributed by atoms with Crippen LogP contribution in [-0.4, -0.2) is 16.2 Å². The monoisotopic (exact) mass is 260 g/mol. The third kappa shape index (κ3) is 3.58. The Hall–Kier alpha value is -1.81. The SMILES string of the molecule is C=C/C=C(\C=C/C)OCc1nccn1C1CCCO1. The molecule has 1 aromatic rings. The molecule has 0 bridgehead atoms. The number of hydrogen-bond donors (Lipinski definition) is 0. The van der Waals surface area contributed by atoms with Crippen LogP contribution in [0.2, 0.25) is 0 Å². The van der Waals surface area contributed by atoms with Crippen LogP contribution in [0.3, 0.4) is 0 Å². The Balaban J connectivity index is 2.01. The first-order valence-corrected chi connectivity index (χ1v) is 6.56. The first-order chi connectivity index (χ1) is 9.35. The van der Waals surface area contributed by atoms with Gasteiger partial charge in [0, 0.05) is 19.0 Å². The van der Waals surface area contributed by atoms with Crippen LogP contribution in [-0.2, 0) is 16.1 Å². The number of allylic oxidation sites excluding steroid dienone is 4. The average Bonchev–Trinajstić information content (AvgIpc) is 3.07. The van der Waals surface area contributed by atoms with Crippen LogP contribution in [0.25, 0.3) is 0 Å². The highest BCUT2D eigenvalue weighted by Gasteiger charge is 2.19. The maximum atomic E-state index is 5.73. The summed E-state index contributed by atoms with van der Waals surface area (Å²) in [7, 11) is 0. The summed E-state index contributed by atoms with van der Waals surface area (Å²) in [5.41, 5.74) is 0. The Morgan fingerprint density at radius 1 is 1.68 bits per heavy atom. The van der Waals surface area contributed by atoms with Crippen molar-refractivity contribution in [1.82, 2.24) is 9.55 Å². The number of aromatic nitrogens is 2. The first-order valence-electron chi connectivity index (χ1n) is 6.56. The van der Waals surface area contributed by atoms with Crippen LogP contribution >= 0.6 is 0 Å². The fraction of sp³-hybridized carbons (Fsp3) is 0.400. The lowest BCUT2D eigenvalue weighted by Crippen LogP contribution is -2.11. The van der Waals surface area contributed by atoms with E-state index in [1.807, 2.05) is 35.9 Å². The van der Waals surface area contributed by atoms with Crippen molar-refractivity contribution in [2.45, 2.75) is 32.6 Å². The minimum atomic E-state index is 0.106. The summed E-state index contributed by atoms with van der Waals surface area (Å²) >= 11 is 0. The molecule has 0 aromatic carbocycles. The zero-order valence-corrected chi connectivity index (χ0v) is 11.3. The highest BCUT2D eigenvalue weighted by Crippen LogP contribution is 2.24. The molecule has 0 radical (unpaired) electrons. The van der Waals surface area contributed by atoms with Crippen molar-refractivity contribution in [2.75, 3.05) is 6.61 Å². The molecular weight excluding hydrogens is 240 g/mol. The second-order valence-corrected chi connectivity index (χ2v) is 4.31. The number of nitrogens with zero attached hydrogens (tertiary/aromatic N) is 2. The molecule has 0 spiro atoms. The number of rotatable bonds is 6. The molecule has 0 saturated carbocycles. The molecule has 1 aliphatic heterocycles. The summed E-state index contributed by atoms with van der Waals surface area (Å²) in [4.78, 5) is 4.33. The van der Waals surface area contributed by atoms with Gasteiger partial charge in [-0.3, -0.25) is 0 Å². The van der Waals surface area contributed by atoms with Crippen LogP contribution in [0.4, 0.5) is 0 Å². The summed E-state index contributed by atoms with van der Waals surface area (Å²) in [5, 5.41) is 0. The quantitative estimate of drug-likeness (QED) is 0.581. The van der Waals surface area contributed by atoms with Crippen molar-refractivity contribution in [3.63, 3.8) is 0 Å². The molecule has 1 aromatic heterocycles. The molecule has 19 heavy (non-hydrogen) atoms. The van der Waals surface area contributed by atoms with Gasteiger partial charge in [-0.25, -0.2) is 4.98 Å².